The summed E-state index contributed by atoms with van der Waals surface area (Å²) in [7, 11) is 0. The normalized spacial score (nSPS) is 10.8. The van der Waals surface area contributed by atoms with E-state index < -0.39 is 0 Å². The molecule has 140 valence electrons. The Morgan fingerprint density at radius 1 is 1.22 bits per heavy atom. The van der Waals surface area contributed by atoms with Crippen molar-refractivity contribution < 1.29 is 4.79 Å². The molecule has 27 heavy (non-hydrogen) atoms. The summed E-state index contributed by atoms with van der Waals surface area (Å²) in [6, 6.07) is 10.9. The largest absolute Gasteiger partial charge is 0.335 e. The highest BCUT2D eigenvalue weighted by atomic mass is 35.5. The van der Waals surface area contributed by atoms with Crippen LogP contribution < -0.4 is 11.2 Å². The van der Waals surface area contributed by atoms with E-state index in [9.17, 15) is 4.79 Å². The van der Waals surface area contributed by atoms with Crippen molar-refractivity contribution in [2.75, 3.05) is 16.9 Å². The molecule has 2 aromatic carbocycles. The lowest BCUT2D eigenvalue weighted by Gasteiger charge is -2.11. The van der Waals surface area contributed by atoms with E-state index in [2.05, 4.69) is 15.5 Å². The number of nitrogens with two attached hydrogens (primary N) is 1. The van der Waals surface area contributed by atoms with Crippen molar-refractivity contribution in [3.8, 4) is 11.4 Å². The summed E-state index contributed by atoms with van der Waals surface area (Å²) >= 11 is 13.4. The van der Waals surface area contributed by atoms with E-state index in [0.29, 0.717) is 26.7 Å². The third-order valence-corrected chi connectivity index (χ3v) is 5.25. The van der Waals surface area contributed by atoms with Crippen LogP contribution in [0.4, 0.5) is 5.69 Å². The van der Waals surface area contributed by atoms with Gasteiger partial charge in [-0.25, -0.2) is 4.68 Å². The fourth-order valence-electron chi connectivity index (χ4n) is 2.58. The minimum Gasteiger partial charge on any atom is -0.335 e. The van der Waals surface area contributed by atoms with Crippen LogP contribution in [0.5, 0.6) is 0 Å². The molecular weight excluding hydrogens is 405 g/mol. The van der Waals surface area contributed by atoms with Crippen LogP contribution in [-0.4, -0.2) is 26.5 Å². The number of carbonyl (C=O) groups is 1. The van der Waals surface area contributed by atoms with Crippen LogP contribution in [0.3, 0.4) is 0 Å². The van der Waals surface area contributed by atoms with Gasteiger partial charge < -0.3 is 11.2 Å². The van der Waals surface area contributed by atoms with Crippen LogP contribution in [0.2, 0.25) is 10.0 Å². The second-order valence-corrected chi connectivity index (χ2v) is 7.75. The number of thioether (sulfide) groups is 1. The Hall–Kier alpha value is -2.22. The molecular formula is C18H17Cl2N5OS. The molecule has 1 aromatic heterocycles. The second kappa shape index (κ2) is 8.21. The molecule has 3 rings (SSSR count). The van der Waals surface area contributed by atoms with Crippen LogP contribution in [0.15, 0.2) is 41.6 Å². The zero-order valence-electron chi connectivity index (χ0n) is 14.7. The highest BCUT2D eigenvalue weighted by molar-refractivity contribution is 7.99. The lowest BCUT2D eigenvalue weighted by molar-refractivity contribution is -0.113. The third-order valence-electron chi connectivity index (χ3n) is 3.78. The fraction of sp³-hybridized carbons (Fsp3) is 0.167. The van der Waals surface area contributed by atoms with Gasteiger partial charge in [-0.15, -0.1) is 10.2 Å². The molecule has 0 saturated heterocycles. The van der Waals surface area contributed by atoms with Crippen molar-refractivity contribution in [3.63, 3.8) is 0 Å². The number of nitrogen functional groups attached to an aromatic ring is 1. The third kappa shape index (κ3) is 4.55. The van der Waals surface area contributed by atoms with Crippen molar-refractivity contribution in [3.05, 3.63) is 57.6 Å². The van der Waals surface area contributed by atoms with Crippen molar-refractivity contribution in [2.24, 2.45) is 0 Å². The summed E-state index contributed by atoms with van der Waals surface area (Å²) in [6.45, 7) is 3.85. The number of aromatic nitrogens is 3. The van der Waals surface area contributed by atoms with Crippen LogP contribution in [0.25, 0.3) is 11.4 Å². The van der Waals surface area contributed by atoms with Gasteiger partial charge in [0.15, 0.2) is 5.82 Å². The van der Waals surface area contributed by atoms with Gasteiger partial charge in [0.25, 0.3) is 0 Å². The Bertz CT molecular complexity index is 982. The standard InChI is InChI=1S/C18H17Cl2N5OS/c1-10-6-11(2)16(14(20)7-10)22-15(26)9-27-18-24-23-17(25(18)21)12-4-3-5-13(19)8-12/h3-8H,9,21H2,1-2H3,(H,22,26). The van der Waals surface area contributed by atoms with Gasteiger partial charge in [0.05, 0.1) is 16.5 Å². The maximum absolute atomic E-state index is 12.3. The van der Waals surface area contributed by atoms with Gasteiger partial charge in [-0.1, -0.05) is 53.2 Å². The SMILES string of the molecule is Cc1cc(C)c(NC(=O)CSc2nnc(-c3cccc(Cl)c3)n2N)c(Cl)c1. The van der Waals surface area contributed by atoms with Crippen molar-refractivity contribution in [1.29, 1.82) is 0 Å². The number of nitrogens with one attached hydrogen (secondary N) is 1. The quantitative estimate of drug-likeness (QED) is 0.473. The fourth-order valence-corrected chi connectivity index (χ4v) is 3.79. The first-order chi connectivity index (χ1) is 12.8. The zero-order chi connectivity index (χ0) is 19.6. The second-order valence-electron chi connectivity index (χ2n) is 5.96. The van der Waals surface area contributed by atoms with E-state index in [0.717, 1.165) is 16.7 Å². The number of anilines is 1. The molecule has 0 spiro atoms. The molecule has 9 heteroatoms. The summed E-state index contributed by atoms with van der Waals surface area (Å²) < 4.78 is 1.34. The highest BCUT2D eigenvalue weighted by Crippen LogP contribution is 2.28. The lowest BCUT2D eigenvalue weighted by atomic mass is 10.1. The number of amides is 1. The van der Waals surface area contributed by atoms with Crippen molar-refractivity contribution in [2.45, 2.75) is 19.0 Å². The summed E-state index contributed by atoms with van der Waals surface area (Å²) in [5.41, 5.74) is 3.30. The molecule has 1 heterocycles. The van der Waals surface area contributed by atoms with Gasteiger partial charge in [0.2, 0.25) is 11.1 Å². The van der Waals surface area contributed by atoms with E-state index in [4.69, 9.17) is 29.0 Å². The van der Waals surface area contributed by atoms with Crippen LogP contribution >= 0.6 is 35.0 Å². The highest BCUT2D eigenvalue weighted by Gasteiger charge is 2.15. The van der Waals surface area contributed by atoms with E-state index in [1.807, 2.05) is 32.0 Å². The molecule has 0 saturated carbocycles. The molecule has 0 aliphatic rings. The molecule has 0 radical (unpaired) electrons. The Morgan fingerprint density at radius 3 is 2.70 bits per heavy atom. The first-order valence-electron chi connectivity index (χ1n) is 8.01. The summed E-state index contributed by atoms with van der Waals surface area (Å²) in [4.78, 5) is 12.3. The number of rotatable bonds is 5. The van der Waals surface area contributed by atoms with Gasteiger partial charge in [-0.2, -0.15) is 0 Å². The maximum Gasteiger partial charge on any atom is 0.234 e. The number of hydrogen-bond donors (Lipinski definition) is 2. The van der Waals surface area contributed by atoms with Gasteiger partial charge in [-0.05, 0) is 43.2 Å². The average molecular weight is 422 g/mol. The molecule has 0 fully saturated rings. The average Bonchev–Trinajstić information content (AvgIpc) is 2.97. The smallest absolute Gasteiger partial charge is 0.234 e. The van der Waals surface area contributed by atoms with Crippen molar-refractivity contribution in [1.82, 2.24) is 14.9 Å². The van der Waals surface area contributed by atoms with Gasteiger partial charge in [-0.3, -0.25) is 4.79 Å². The lowest BCUT2D eigenvalue weighted by Crippen LogP contribution is -2.17. The Kier molecular flexibility index (Phi) is 5.94. The number of hydrogen-bond acceptors (Lipinski definition) is 5. The molecule has 0 aliphatic heterocycles. The predicted octanol–water partition coefficient (Wildman–Crippen LogP) is 4.31. The molecule has 1 amide bonds. The molecule has 0 aliphatic carbocycles. The van der Waals surface area contributed by atoms with Gasteiger partial charge in [0, 0.05) is 10.6 Å². The Labute approximate surface area is 171 Å². The number of carbonyl (C=O) groups excluding carboxylic acids is 1. The van der Waals surface area contributed by atoms with Crippen LogP contribution in [0, 0.1) is 13.8 Å². The first-order valence-corrected chi connectivity index (χ1v) is 9.75. The molecule has 3 N–H and O–H groups in total. The van der Waals surface area contributed by atoms with Gasteiger partial charge in [0.1, 0.15) is 0 Å². The van der Waals surface area contributed by atoms with Crippen LogP contribution in [-0.2, 0) is 4.79 Å². The monoisotopic (exact) mass is 421 g/mol. The Balaban J connectivity index is 1.68. The minimum atomic E-state index is -0.207. The number of halogens is 2. The number of aryl methyl sites for hydroxylation is 2. The van der Waals surface area contributed by atoms with E-state index in [1.165, 1.54) is 16.4 Å². The molecule has 6 nitrogen and oxygen atoms in total. The maximum atomic E-state index is 12.3. The molecule has 3 aromatic rings. The summed E-state index contributed by atoms with van der Waals surface area (Å²) in [6.07, 6.45) is 0. The predicted molar refractivity (Wildman–Crippen MR) is 111 cm³/mol. The van der Waals surface area contributed by atoms with Crippen LogP contribution in [0.1, 0.15) is 11.1 Å². The van der Waals surface area contributed by atoms with E-state index in [-0.39, 0.29) is 11.7 Å². The Morgan fingerprint density at radius 2 is 2.00 bits per heavy atom. The summed E-state index contributed by atoms with van der Waals surface area (Å²) in [5, 5.41) is 12.5. The molecule has 0 unspecified atom stereocenters. The van der Waals surface area contributed by atoms with E-state index >= 15 is 0 Å². The van der Waals surface area contributed by atoms with Gasteiger partial charge >= 0.3 is 0 Å². The minimum absolute atomic E-state index is 0.120. The first kappa shape index (κ1) is 19.5. The number of nitrogens with zero attached hydrogens (tertiary/aromatic N) is 3. The van der Waals surface area contributed by atoms with E-state index in [1.54, 1.807) is 18.2 Å². The molecule has 0 bridgehead atoms. The summed E-state index contributed by atoms with van der Waals surface area (Å²) in [5.74, 6) is 6.45. The zero-order valence-corrected chi connectivity index (χ0v) is 17.0. The molecule has 0 atom stereocenters. The van der Waals surface area contributed by atoms with Crippen molar-refractivity contribution >= 4 is 46.6 Å². The number of benzene rings is 2. The topological polar surface area (TPSA) is 85.8 Å².